The van der Waals surface area contributed by atoms with Gasteiger partial charge in [0.25, 0.3) is 5.91 Å². The van der Waals surface area contributed by atoms with Crippen LogP contribution in [-0.4, -0.2) is 49.7 Å². The summed E-state index contributed by atoms with van der Waals surface area (Å²) in [7, 11) is 1.58. The summed E-state index contributed by atoms with van der Waals surface area (Å²) >= 11 is 0. The van der Waals surface area contributed by atoms with Crippen molar-refractivity contribution in [1.82, 2.24) is 30.4 Å². The van der Waals surface area contributed by atoms with Gasteiger partial charge in [-0.1, -0.05) is 36.4 Å². The monoisotopic (exact) mass is 392 g/mol. The Morgan fingerprint density at radius 3 is 2.55 bits per heavy atom. The fraction of sp³-hybridized carbons (Fsp3) is 0.250. The van der Waals surface area contributed by atoms with E-state index in [2.05, 4.69) is 20.8 Å². The van der Waals surface area contributed by atoms with E-state index >= 15 is 0 Å². The third-order valence-electron chi connectivity index (χ3n) is 4.92. The molecule has 2 heterocycles. The molecule has 3 aromatic rings. The SMILES string of the molecule is COc1ccccc1C[C@]1(C)NC(=O)N(Cc2nnnn2-c2ccccc2)C1=O. The van der Waals surface area contributed by atoms with Gasteiger partial charge in [0, 0.05) is 6.42 Å². The zero-order valence-corrected chi connectivity index (χ0v) is 16.1. The van der Waals surface area contributed by atoms with Crippen LogP contribution in [0.25, 0.3) is 5.69 Å². The van der Waals surface area contributed by atoms with E-state index in [9.17, 15) is 9.59 Å². The molecule has 0 saturated carbocycles. The number of urea groups is 1. The van der Waals surface area contributed by atoms with Crippen LogP contribution in [0.2, 0.25) is 0 Å². The quantitative estimate of drug-likeness (QED) is 0.641. The normalized spacial score (nSPS) is 18.8. The molecule has 0 unspecified atom stereocenters. The highest BCUT2D eigenvalue weighted by atomic mass is 16.5. The Hall–Kier alpha value is -3.75. The van der Waals surface area contributed by atoms with Gasteiger partial charge in [-0.15, -0.1) is 5.10 Å². The van der Waals surface area contributed by atoms with E-state index in [1.54, 1.807) is 14.0 Å². The smallest absolute Gasteiger partial charge is 0.325 e. The maximum atomic E-state index is 13.1. The van der Waals surface area contributed by atoms with Gasteiger partial charge >= 0.3 is 6.03 Å². The molecule has 3 amide bonds. The first-order chi connectivity index (χ1) is 14.0. The van der Waals surface area contributed by atoms with E-state index in [4.69, 9.17) is 4.74 Å². The number of ether oxygens (including phenoxy) is 1. The Balaban J connectivity index is 1.57. The number of aromatic nitrogens is 4. The first-order valence-electron chi connectivity index (χ1n) is 9.10. The summed E-state index contributed by atoms with van der Waals surface area (Å²) in [6, 6.07) is 16.2. The molecule has 0 aliphatic carbocycles. The lowest BCUT2D eigenvalue weighted by Gasteiger charge is -2.22. The summed E-state index contributed by atoms with van der Waals surface area (Å²) in [5, 5.41) is 14.5. The number of para-hydroxylation sites is 2. The molecule has 0 spiro atoms. The van der Waals surface area contributed by atoms with Gasteiger partial charge in [0.1, 0.15) is 11.3 Å². The summed E-state index contributed by atoms with van der Waals surface area (Å²) in [6.07, 6.45) is 0.307. The van der Waals surface area contributed by atoms with Crippen LogP contribution in [0.4, 0.5) is 4.79 Å². The van der Waals surface area contributed by atoms with Gasteiger partial charge in [-0.25, -0.2) is 4.79 Å². The molecule has 148 valence electrons. The molecule has 1 aromatic heterocycles. The second-order valence-corrected chi connectivity index (χ2v) is 6.98. The van der Waals surface area contributed by atoms with Crippen LogP contribution in [0.3, 0.4) is 0 Å². The fourth-order valence-corrected chi connectivity index (χ4v) is 3.46. The summed E-state index contributed by atoms with van der Waals surface area (Å²) in [6.45, 7) is 1.67. The average molecular weight is 392 g/mol. The lowest BCUT2D eigenvalue weighted by Crippen LogP contribution is -2.46. The molecular weight excluding hydrogens is 372 g/mol. The molecule has 0 radical (unpaired) electrons. The van der Waals surface area contributed by atoms with Crippen LogP contribution >= 0.6 is 0 Å². The maximum absolute atomic E-state index is 13.1. The van der Waals surface area contributed by atoms with E-state index in [1.165, 1.54) is 4.68 Å². The van der Waals surface area contributed by atoms with Gasteiger partial charge in [0.05, 0.1) is 19.3 Å². The minimum absolute atomic E-state index is 0.0337. The summed E-state index contributed by atoms with van der Waals surface area (Å²) in [4.78, 5) is 26.9. The number of hydrogen-bond donors (Lipinski definition) is 1. The summed E-state index contributed by atoms with van der Waals surface area (Å²) in [5.74, 6) is 0.722. The van der Waals surface area contributed by atoms with Gasteiger partial charge in [0.15, 0.2) is 5.82 Å². The number of nitrogens with one attached hydrogen (secondary N) is 1. The highest BCUT2D eigenvalue weighted by Gasteiger charge is 2.48. The van der Waals surface area contributed by atoms with E-state index in [-0.39, 0.29) is 12.5 Å². The Bertz CT molecular complexity index is 1050. The fourth-order valence-electron chi connectivity index (χ4n) is 3.46. The van der Waals surface area contributed by atoms with Crippen LogP contribution in [0.1, 0.15) is 18.3 Å². The van der Waals surface area contributed by atoms with Crippen molar-refractivity contribution in [2.45, 2.75) is 25.4 Å². The lowest BCUT2D eigenvalue weighted by molar-refractivity contribution is -0.131. The predicted molar refractivity (Wildman–Crippen MR) is 103 cm³/mol. The molecular formula is C20H20N6O3. The molecule has 2 aromatic carbocycles. The summed E-state index contributed by atoms with van der Waals surface area (Å²) in [5.41, 5.74) is 0.495. The molecule has 1 atom stereocenters. The van der Waals surface area contributed by atoms with Crippen molar-refractivity contribution in [2.75, 3.05) is 7.11 Å². The van der Waals surface area contributed by atoms with Gasteiger partial charge in [-0.2, -0.15) is 4.68 Å². The number of hydrogen-bond acceptors (Lipinski definition) is 6. The minimum Gasteiger partial charge on any atom is -0.496 e. The highest BCUT2D eigenvalue weighted by molar-refractivity contribution is 6.06. The highest BCUT2D eigenvalue weighted by Crippen LogP contribution is 2.28. The lowest BCUT2D eigenvalue weighted by atomic mass is 9.92. The number of methoxy groups -OCH3 is 1. The van der Waals surface area contributed by atoms with Crippen molar-refractivity contribution in [2.24, 2.45) is 0 Å². The van der Waals surface area contributed by atoms with Gasteiger partial charge < -0.3 is 10.1 Å². The van der Waals surface area contributed by atoms with Crippen LogP contribution in [0.15, 0.2) is 54.6 Å². The molecule has 1 saturated heterocycles. The predicted octanol–water partition coefficient (Wildman–Crippen LogP) is 1.72. The Kier molecular flexibility index (Phi) is 4.71. The first kappa shape index (κ1) is 18.6. The number of tetrazole rings is 1. The van der Waals surface area contributed by atoms with Crippen molar-refractivity contribution in [1.29, 1.82) is 0 Å². The molecule has 9 heteroatoms. The van der Waals surface area contributed by atoms with Crippen molar-refractivity contribution in [3.05, 3.63) is 66.0 Å². The largest absolute Gasteiger partial charge is 0.496 e. The number of amides is 3. The van der Waals surface area contributed by atoms with Crippen molar-refractivity contribution in [3.63, 3.8) is 0 Å². The van der Waals surface area contributed by atoms with Gasteiger partial charge in [-0.05, 0) is 41.1 Å². The number of carbonyl (C=O) groups is 2. The number of benzene rings is 2. The topological polar surface area (TPSA) is 102 Å². The second kappa shape index (κ2) is 7.34. The van der Waals surface area contributed by atoms with Gasteiger partial charge in [0.2, 0.25) is 0 Å². The zero-order valence-electron chi connectivity index (χ0n) is 16.1. The van der Waals surface area contributed by atoms with E-state index < -0.39 is 11.6 Å². The van der Waals surface area contributed by atoms with Crippen molar-refractivity contribution in [3.8, 4) is 11.4 Å². The molecule has 1 aliphatic rings. The maximum Gasteiger partial charge on any atom is 0.325 e. The Morgan fingerprint density at radius 2 is 1.79 bits per heavy atom. The average Bonchev–Trinajstić information content (AvgIpc) is 3.28. The zero-order chi connectivity index (χ0) is 20.4. The molecule has 1 fully saturated rings. The van der Waals surface area contributed by atoms with E-state index in [0.29, 0.717) is 18.0 Å². The second-order valence-electron chi connectivity index (χ2n) is 6.98. The van der Waals surface area contributed by atoms with Gasteiger partial charge in [-0.3, -0.25) is 9.69 Å². The molecule has 0 bridgehead atoms. The molecule has 1 N–H and O–H groups in total. The first-order valence-corrected chi connectivity index (χ1v) is 9.10. The summed E-state index contributed by atoms with van der Waals surface area (Å²) < 4.78 is 6.88. The van der Waals surface area contributed by atoms with Crippen LogP contribution < -0.4 is 10.1 Å². The molecule has 4 rings (SSSR count). The number of imide groups is 1. The van der Waals surface area contributed by atoms with Crippen LogP contribution in [0, 0.1) is 0 Å². The van der Waals surface area contributed by atoms with Crippen LogP contribution in [-0.2, 0) is 17.8 Å². The molecule has 29 heavy (non-hydrogen) atoms. The third kappa shape index (κ3) is 3.42. The number of nitrogens with zero attached hydrogens (tertiary/aromatic N) is 5. The molecule has 1 aliphatic heterocycles. The minimum atomic E-state index is -1.09. The number of carbonyl (C=O) groups excluding carboxylic acids is 2. The van der Waals surface area contributed by atoms with Crippen molar-refractivity contribution >= 4 is 11.9 Å². The standard InChI is InChI=1S/C20H20N6O3/c1-20(12-14-8-6-7-11-16(14)29-2)18(27)25(19(28)21-20)13-17-22-23-24-26(17)15-9-4-3-5-10-15/h3-11H,12-13H2,1-2H3,(H,21,28)/t20-/m0/s1. The third-order valence-corrected chi connectivity index (χ3v) is 4.92. The van der Waals surface area contributed by atoms with Crippen LogP contribution in [0.5, 0.6) is 5.75 Å². The van der Waals surface area contributed by atoms with E-state index in [0.717, 1.165) is 16.2 Å². The molecule has 9 nitrogen and oxygen atoms in total. The van der Waals surface area contributed by atoms with Crippen molar-refractivity contribution < 1.29 is 14.3 Å². The van der Waals surface area contributed by atoms with E-state index in [1.807, 2.05) is 54.6 Å². The Labute approximate surface area is 167 Å². The number of rotatable bonds is 6. The Morgan fingerprint density at radius 1 is 1.07 bits per heavy atom.